The third-order valence-corrected chi connectivity index (χ3v) is 6.55. The van der Waals surface area contributed by atoms with E-state index in [2.05, 4.69) is 40.2 Å². The Labute approximate surface area is 177 Å². The molecular formula is C25H27N3O2. The number of likely N-dealkylation sites (tertiary alicyclic amines) is 1. The molecule has 5 heteroatoms. The molecule has 3 heterocycles. The average molecular weight is 402 g/mol. The Morgan fingerprint density at radius 3 is 2.73 bits per heavy atom. The van der Waals surface area contributed by atoms with Crippen LogP contribution in [0.1, 0.15) is 16.7 Å². The van der Waals surface area contributed by atoms with Gasteiger partial charge in [-0.2, -0.15) is 0 Å². The molecule has 0 aliphatic carbocycles. The Bertz CT molecular complexity index is 1060. The molecule has 5 rings (SSSR count). The molecule has 5 nitrogen and oxygen atoms in total. The number of aliphatic hydroxyl groups excluding tert-OH is 1. The first kappa shape index (κ1) is 19.2. The fourth-order valence-corrected chi connectivity index (χ4v) is 4.85. The molecule has 2 atom stereocenters. The van der Waals surface area contributed by atoms with Gasteiger partial charge in [0.1, 0.15) is 0 Å². The summed E-state index contributed by atoms with van der Waals surface area (Å²) in [6, 6.07) is 18.6. The monoisotopic (exact) mass is 401 g/mol. The van der Waals surface area contributed by atoms with Gasteiger partial charge >= 0.3 is 0 Å². The SMILES string of the molecule is O=C(CN1CCc2ccccc2C1)N1C[C@@H](Cc2ccnc3ccccc23)[C@H](O)C1. The standard InChI is InChI=1S/C25H27N3O2/c29-24-16-28(25(30)17-27-12-10-18-5-1-2-6-20(18)14-27)15-21(24)13-19-9-11-26-23-8-4-3-7-22(19)23/h1-9,11,21,24,29H,10,12-17H2/t21-,24-/m1/s1. The lowest BCUT2D eigenvalue weighted by atomic mass is 9.94. The van der Waals surface area contributed by atoms with Gasteiger partial charge in [0.05, 0.1) is 18.2 Å². The average Bonchev–Trinajstić information content (AvgIpc) is 3.14. The number of nitrogens with zero attached hydrogens (tertiary/aromatic N) is 3. The van der Waals surface area contributed by atoms with Gasteiger partial charge in [-0.05, 0) is 41.7 Å². The Hall–Kier alpha value is -2.76. The normalized spacial score (nSPS) is 21.7. The molecule has 1 saturated heterocycles. The van der Waals surface area contributed by atoms with Gasteiger partial charge in [-0.15, -0.1) is 0 Å². The summed E-state index contributed by atoms with van der Waals surface area (Å²) >= 11 is 0. The highest BCUT2D eigenvalue weighted by Gasteiger charge is 2.34. The van der Waals surface area contributed by atoms with E-state index in [0.717, 1.165) is 36.8 Å². The van der Waals surface area contributed by atoms with Gasteiger partial charge in [0, 0.05) is 43.7 Å². The summed E-state index contributed by atoms with van der Waals surface area (Å²) in [5, 5.41) is 11.8. The van der Waals surface area contributed by atoms with E-state index in [1.165, 1.54) is 16.7 Å². The predicted octanol–water partition coefficient (Wildman–Crippen LogP) is 2.65. The Balaban J connectivity index is 1.23. The van der Waals surface area contributed by atoms with E-state index in [9.17, 15) is 9.90 Å². The lowest BCUT2D eigenvalue weighted by Crippen LogP contribution is -2.41. The van der Waals surface area contributed by atoms with Crippen molar-refractivity contribution >= 4 is 16.8 Å². The zero-order valence-electron chi connectivity index (χ0n) is 17.1. The van der Waals surface area contributed by atoms with Crippen LogP contribution in [0.5, 0.6) is 0 Å². The smallest absolute Gasteiger partial charge is 0.236 e. The molecule has 1 fully saturated rings. The molecule has 2 aliphatic heterocycles. The maximum atomic E-state index is 12.9. The number of pyridine rings is 1. The summed E-state index contributed by atoms with van der Waals surface area (Å²) in [7, 11) is 0. The van der Waals surface area contributed by atoms with Crippen molar-refractivity contribution in [3.63, 3.8) is 0 Å². The van der Waals surface area contributed by atoms with Crippen molar-refractivity contribution in [1.82, 2.24) is 14.8 Å². The third-order valence-electron chi connectivity index (χ3n) is 6.55. The van der Waals surface area contributed by atoms with Crippen LogP contribution in [0.3, 0.4) is 0 Å². The number of rotatable bonds is 4. The molecule has 1 aromatic heterocycles. The second kappa shape index (κ2) is 8.17. The summed E-state index contributed by atoms with van der Waals surface area (Å²) in [4.78, 5) is 21.4. The number of fused-ring (bicyclic) bond motifs is 2. The van der Waals surface area contributed by atoms with Crippen molar-refractivity contribution in [2.24, 2.45) is 5.92 Å². The number of aromatic nitrogens is 1. The highest BCUT2D eigenvalue weighted by molar-refractivity contribution is 5.82. The zero-order chi connectivity index (χ0) is 20.5. The number of β-amino-alcohol motifs (C(OH)–C–C–N with tert-alkyl or cyclic N) is 1. The van der Waals surface area contributed by atoms with Crippen molar-refractivity contribution in [1.29, 1.82) is 0 Å². The lowest BCUT2D eigenvalue weighted by Gasteiger charge is -2.29. The van der Waals surface area contributed by atoms with Crippen LogP contribution in [0.25, 0.3) is 10.9 Å². The van der Waals surface area contributed by atoms with Crippen LogP contribution in [0.4, 0.5) is 0 Å². The van der Waals surface area contributed by atoms with Crippen LogP contribution in [-0.4, -0.2) is 58.1 Å². The van der Waals surface area contributed by atoms with Gasteiger partial charge in [-0.25, -0.2) is 0 Å². The van der Waals surface area contributed by atoms with E-state index in [1.54, 1.807) is 0 Å². The van der Waals surface area contributed by atoms with Crippen molar-refractivity contribution in [2.45, 2.75) is 25.5 Å². The Morgan fingerprint density at radius 1 is 1.03 bits per heavy atom. The number of amides is 1. The molecule has 0 saturated carbocycles. The molecule has 30 heavy (non-hydrogen) atoms. The van der Waals surface area contributed by atoms with Crippen molar-refractivity contribution in [3.05, 3.63) is 77.5 Å². The zero-order valence-corrected chi connectivity index (χ0v) is 17.1. The topological polar surface area (TPSA) is 56.7 Å². The van der Waals surface area contributed by atoms with Crippen molar-refractivity contribution < 1.29 is 9.90 Å². The molecule has 0 spiro atoms. The molecular weight excluding hydrogens is 374 g/mol. The first-order valence-electron chi connectivity index (χ1n) is 10.7. The molecule has 3 aromatic rings. The third kappa shape index (κ3) is 3.83. The maximum absolute atomic E-state index is 12.9. The van der Waals surface area contributed by atoms with E-state index in [4.69, 9.17) is 0 Å². The van der Waals surface area contributed by atoms with Crippen LogP contribution in [0, 0.1) is 5.92 Å². The predicted molar refractivity (Wildman–Crippen MR) is 117 cm³/mol. The second-order valence-corrected chi connectivity index (χ2v) is 8.55. The van der Waals surface area contributed by atoms with E-state index < -0.39 is 6.10 Å². The number of carbonyl (C=O) groups excluding carboxylic acids is 1. The fraction of sp³-hybridized carbons (Fsp3) is 0.360. The molecule has 2 aliphatic rings. The number of hydrogen-bond acceptors (Lipinski definition) is 4. The van der Waals surface area contributed by atoms with Gasteiger partial charge < -0.3 is 10.0 Å². The first-order chi connectivity index (χ1) is 14.7. The summed E-state index contributed by atoms with van der Waals surface area (Å²) < 4.78 is 0. The summed E-state index contributed by atoms with van der Waals surface area (Å²) in [5.41, 5.74) is 4.87. The van der Waals surface area contributed by atoms with Gasteiger partial charge in [-0.1, -0.05) is 42.5 Å². The van der Waals surface area contributed by atoms with Crippen molar-refractivity contribution in [3.8, 4) is 0 Å². The first-order valence-corrected chi connectivity index (χ1v) is 10.7. The van der Waals surface area contributed by atoms with Crippen LogP contribution in [0.2, 0.25) is 0 Å². The molecule has 0 unspecified atom stereocenters. The minimum absolute atomic E-state index is 0.0573. The summed E-state index contributed by atoms with van der Waals surface area (Å²) in [5.74, 6) is 0.178. The largest absolute Gasteiger partial charge is 0.391 e. The van der Waals surface area contributed by atoms with E-state index >= 15 is 0 Å². The maximum Gasteiger partial charge on any atom is 0.236 e. The Morgan fingerprint density at radius 2 is 1.83 bits per heavy atom. The molecule has 0 bridgehead atoms. The number of para-hydroxylation sites is 1. The number of hydrogen-bond donors (Lipinski definition) is 1. The molecule has 2 aromatic carbocycles. The number of benzene rings is 2. The molecule has 154 valence electrons. The van der Waals surface area contributed by atoms with Crippen LogP contribution in [0.15, 0.2) is 60.8 Å². The molecule has 0 radical (unpaired) electrons. The lowest BCUT2D eigenvalue weighted by molar-refractivity contribution is -0.132. The van der Waals surface area contributed by atoms with Gasteiger partial charge in [-0.3, -0.25) is 14.7 Å². The van der Waals surface area contributed by atoms with Crippen molar-refractivity contribution in [2.75, 3.05) is 26.2 Å². The van der Waals surface area contributed by atoms with Crippen LogP contribution < -0.4 is 0 Å². The quantitative estimate of drug-likeness (QED) is 0.730. The van der Waals surface area contributed by atoms with Gasteiger partial charge in [0.2, 0.25) is 5.91 Å². The summed E-state index contributed by atoms with van der Waals surface area (Å²) in [6.45, 7) is 3.19. The van der Waals surface area contributed by atoms with Crippen LogP contribution in [-0.2, 0) is 24.2 Å². The highest BCUT2D eigenvalue weighted by Crippen LogP contribution is 2.26. The fourth-order valence-electron chi connectivity index (χ4n) is 4.85. The number of aliphatic hydroxyl groups is 1. The minimum Gasteiger partial charge on any atom is -0.391 e. The van der Waals surface area contributed by atoms with E-state index in [1.807, 2.05) is 35.4 Å². The van der Waals surface area contributed by atoms with E-state index in [0.29, 0.717) is 19.6 Å². The van der Waals surface area contributed by atoms with Crippen LogP contribution >= 0.6 is 0 Å². The number of carbonyl (C=O) groups is 1. The second-order valence-electron chi connectivity index (χ2n) is 8.55. The molecule has 1 amide bonds. The molecule has 1 N–H and O–H groups in total. The van der Waals surface area contributed by atoms with E-state index in [-0.39, 0.29) is 11.8 Å². The minimum atomic E-state index is -0.483. The van der Waals surface area contributed by atoms with Gasteiger partial charge in [0.15, 0.2) is 0 Å². The Kier molecular flexibility index (Phi) is 5.23. The summed E-state index contributed by atoms with van der Waals surface area (Å²) in [6.07, 6.45) is 3.09. The van der Waals surface area contributed by atoms with Gasteiger partial charge in [0.25, 0.3) is 0 Å². The highest BCUT2D eigenvalue weighted by atomic mass is 16.3.